The molecule has 2 heterocycles. The van der Waals surface area contributed by atoms with Gasteiger partial charge in [0.05, 0.1) is 11.0 Å². The first-order chi connectivity index (χ1) is 8.58. The maximum atomic E-state index is 10.9. The van der Waals surface area contributed by atoms with Crippen LogP contribution in [0.2, 0.25) is 0 Å². The molecule has 2 aromatic heterocycles. The van der Waals surface area contributed by atoms with Crippen molar-refractivity contribution in [2.75, 3.05) is 5.32 Å². The smallest absolute Gasteiger partial charge is 0.310 e. The van der Waals surface area contributed by atoms with Gasteiger partial charge in [0, 0.05) is 17.3 Å². The van der Waals surface area contributed by atoms with E-state index in [2.05, 4.69) is 15.3 Å². The third-order valence-corrected chi connectivity index (χ3v) is 3.52. The zero-order chi connectivity index (χ0) is 13.1. The van der Waals surface area contributed by atoms with Crippen molar-refractivity contribution in [1.29, 1.82) is 0 Å². The highest BCUT2D eigenvalue weighted by Crippen LogP contribution is 2.27. The van der Waals surface area contributed by atoms with Crippen molar-refractivity contribution >= 4 is 22.7 Å². The van der Waals surface area contributed by atoms with Crippen LogP contribution in [0.4, 0.5) is 11.4 Å². The number of hydrogen-bond acceptors (Lipinski definition) is 6. The van der Waals surface area contributed by atoms with Gasteiger partial charge in [0.2, 0.25) is 0 Å². The Hall–Kier alpha value is -2.02. The van der Waals surface area contributed by atoms with Crippen molar-refractivity contribution in [1.82, 2.24) is 9.97 Å². The number of aromatic nitrogens is 2. The topological polar surface area (TPSA) is 81.0 Å². The number of nitrogens with one attached hydrogen (secondary N) is 1. The number of rotatable bonds is 4. The van der Waals surface area contributed by atoms with E-state index in [1.54, 1.807) is 6.07 Å². The lowest BCUT2D eigenvalue weighted by molar-refractivity contribution is -0.384. The highest BCUT2D eigenvalue weighted by Gasteiger charge is 2.17. The Morgan fingerprint density at radius 3 is 2.94 bits per heavy atom. The summed E-state index contributed by atoms with van der Waals surface area (Å²) in [6, 6.07) is 1.51. The zero-order valence-electron chi connectivity index (χ0n) is 9.95. The highest BCUT2D eigenvalue weighted by atomic mass is 32.1. The van der Waals surface area contributed by atoms with Crippen LogP contribution in [0.5, 0.6) is 0 Å². The Balaban J connectivity index is 2.21. The normalized spacial score (nSPS) is 12.1. The van der Waals surface area contributed by atoms with Crippen LogP contribution in [-0.4, -0.2) is 14.9 Å². The summed E-state index contributed by atoms with van der Waals surface area (Å²) < 4.78 is 0. The summed E-state index contributed by atoms with van der Waals surface area (Å²) in [6.45, 7) is 3.84. The molecule has 18 heavy (non-hydrogen) atoms. The van der Waals surface area contributed by atoms with Crippen LogP contribution in [0, 0.1) is 17.0 Å². The van der Waals surface area contributed by atoms with E-state index in [0.717, 1.165) is 10.7 Å². The van der Waals surface area contributed by atoms with Gasteiger partial charge in [-0.2, -0.15) is 0 Å². The van der Waals surface area contributed by atoms with Crippen molar-refractivity contribution in [3.63, 3.8) is 0 Å². The molecular weight excluding hydrogens is 252 g/mol. The van der Waals surface area contributed by atoms with E-state index in [1.807, 2.05) is 19.2 Å². The molecule has 1 N–H and O–H groups in total. The van der Waals surface area contributed by atoms with Crippen LogP contribution < -0.4 is 5.32 Å². The van der Waals surface area contributed by atoms with Gasteiger partial charge >= 0.3 is 5.69 Å². The SMILES string of the molecule is Cc1csc(C(C)Nc2ccncc2[N+](=O)[O-])n1. The lowest BCUT2D eigenvalue weighted by atomic mass is 10.3. The van der Waals surface area contributed by atoms with Gasteiger partial charge in [0.25, 0.3) is 0 Å². The maximum absolute atomic E-state index is 10.9. The van der Waals surface area contributed by atoms with Gasteiger partial charge < -0.3 is 5.32 Å². The molecule has 7 heteroatoms. The summed E-state index contributed by atoms with van der Waals surface area (Å²) in [7, 11) is 0. The monoisotopic (exact) mass is 264 g/mol. The number of anilines is 1. The molecule has 0 aliphatic rings. The molecule has 0 saturated heterocycles. The molecule has 0 radical (unpaired) electrons. The summed E-state index contributed by atoms with van der Waals surface area (Å²) in [5.74, 6) is 0. The summed E-state index contributed by atoms with van der Waals surface area (Å²) in [5, 5.41) is 16.8. The molecule has 2 rings (SSSR count). The number of nitrogens with zero attached hydrogens (tertiary/aromatic N) is 3. The van der Waals surface area contributed by atoms with Gasteiger partial charge in [-0.05, 0) is 19.9 Å². The number of hydrogen-bond donors (Lipinski definition) is 1. The second-order valence-corrected chi connectivity index (χ2v) is 4.73. The molecule has 0 spiro atoms. The van der Waals surface area contributed by atoms with Crippen LogP contribution in [-0.2, 0) is 0 Å². The molecule has 94 valence electrons. The second-order valence-electron chi connectivity index (χ2n) is 3.84. The summed E-state index contributed by atoms with van der Waals surface area (Å²) >= 11 is 1.53. The van der Waals surface area contributed by atoms with E-state index in [4.69, 9.17) is 0 Å². The van der Waals surface area contributed by atoms with Crippen molar-refractivity contribution in [2.24, 2.45) is 0 Å². The molecule has 0 aromatic carbocycles. The molecule has 6 nitrogen and oxygen atoms in total. The van der Waals surface area contributed by atoms with Crippen LogP contribution in [0.3, 0.4) is 0 Å². The fraction of sp³-hybridized carbons (Fsp3) is 0.273. The first-order valence-electron chi connectivity index (χ1n) is 5.35. The predicted molar refractivity (Wildman–Crippen MR) is 69.8 cm³/mol. The first-order valence-corrected chi connectivity index (χ1v) is 6.23. The van der Waals surface area contributed by atoms with Gasteiger partial charge in [-0.25, -0.2) is 4.98 Å². The Morgan fingerprint density at radius 2 is 2.33 bits per heavy atom. The van der Waals surface area contributed by atoms with Crippen LogP contribution >= 0.6 is 11.3 Å². The average molecular weight is 264 g/mol. The number of aryl methyl sites for hydroxylation is 1. The van der Waals surface area contributed by atoms with Crippen LogP contribution in [0.25, 0.3) is 0 Å². The van der Waals surface area contributed by atoms with E-state index in [0.29, 0.717) is 5.69 Å². The molecule has 1 atom stereocenters. The van der Waals surface area contributed by atoms with Gasteiger partial charge in [-0.15, -0.1) is 11.3 Å². The Labute approximate surface area is 108 Å². The number of pyridine rings is 1. The standard InChI is InChI=1S/C11H12N4O2S/c1-7-6-18-11(13-7)8(2)14-9-3-4-12-5-10(9)15(16)17/h3-6,8H,1-2H3,(H,12,14). The van der Waals surface area contributed by atoms with Crippen molar-refractivity contribution in [2.45, 2.75) is 19.9 Å². The zero-order valence-corrected chi connectivity index (χ0v) is 10.8. The molecule has 0 amide bonds. The van der Waals surface area contributed by atoms with E-state index in [-0.39, 0.29) is 11.7 Å². The predicted octanol–water partition coefficient (Wildman–Crippen LogP) is 2.93. The quantitative estimate of drug-likeness (QED) is 0.678. The molecular formula is C11H12N4O2S. The van der Waals surface area contributed by atoms with E-state index in [9.17, 15) is 10.1 Å². The molecule has 0 aliphatic carbocycles. The second kappa shape index (κ2) is 5.09. The van der Waals surface area contributed by atoms with Crippen molar-refractivity contribution in [3.8, 4) is 0 Å². The Bertz CT molecular complexity index is 570. The van der Waals surface area contributed by atoms with Crippen LogP contribution in [0.15, 0.2) is 23.8 Å². The van der Waals surface area contributed by atoms with Gasteiger partial charge in [-0.3, -0.25) is 15.1 Å². The van der Waals surface area contributed by atoms with E-state index < -0.39 is 4.92 Å². The minimum absolute atomic E-state index is 0.0300. The van der Waals surface area contributed by atoms with Crippen molar-refractivity contribution in [3.05, 3.63) is 44.7 Å². The first kappa shape index (κ1) is 12.4. The Kier molecular flexibility index (Phi) is 3.52. The third-order valence-electron chi connectivity index (χ3n) is 2.38. The third kappa shape index (κ3) is 2.62. The van der Waals surface area contributed by atoms with Gasteiger partial charge in [0.1, 0.15) is 16.9 Å². The number of nitro groups is 1. The molecule has 0 saturated carbocycles. The summed E-state index contributed by atoms with van der Waals surface area (Å²) in [6.07, 6.45) is 2.76. The minimum atomic E-state index is -0.449. The summed E-state index contributed by atoms with van der Waals surface area (Å²) in [4.78, 5) is 18.5. The molecule has 0 aliphatic heterocycles. The van der Waals surface area contributed by atoms with Gasteiger partial charge in [-0.1, -0.05) is 0 Å². The summed E-state index contributed by atoms with van der Waals surface area (Å²) in [5.41, 5.74) is 1.38. The lowest BCUT2D eigenvalue weighted by Gasteiger charge is -2.12. The van der Waals surface area contributed by atoms with E-state index in [1.165, 1.54) is 23.7 Å². The maximum Gasteiger partial charge on any atom is 0.310 e. The van der Waals surface area contributed by atoms with Gasteiger partial charge in [0.15, 0.2) is 0 Å². The van der Waals surface area contributed by atoms with Crippen LogP contribution in [0.1, 0.15) is 23.7 Å². The fourth-order valence-corrected chi connectivity index (χ4v) is 2.32. The fourth-order valence-electron chi connectivity index (χ4n) is 1.52. The lowest BCUT2D eigenvalue weighted by Crippen LogP contribution is -2.08. The largest absolute Gasteiger partial charge is 0.370 e. The number of thiazole rings is 1. The van der Waals surface area contributed by atoms with Crippen molar-refractivity contribution < 1.29 is 4.92 Å². The molecule has 0 fully saturated rings. The Morgan fingerprint density at radius 1 is 1.56 bits per heavy atom. The highest BCUT2D eigenvalue weighted by molar-refractivity contribution is 7.09. The molecule has 0 bridgehead atoms. The molecule has 2 aromatic rings. The van der Waals surface area contributed by atoms with E-state index >= 15 is 0 Å². The minimum Gasteiger partial charge on any atom is -0.370 e. The average Bonchev–Trinajstić information content (AvgIpc) is 2.76. The molecule has 1 unspecified atom stereocenters.